The third kappa shape index (κ3) is 4.34. The number of nitrogens with two attached hydrogens (primary N) is 1. The molecule has 1 rings (SSSR count). The first-order chi connectivity index (χ1) is 8.58. The van der Waals surface area contributed by atoms with Gasteiger partial charge in [0.1, 0.15) is 0 Å². The second-order valence-corrected chi connectivity index (χ2v) is 5.27. The Labute approximate surface area is 112 Å². The van der Waals surface area contributed by atoms with Gasteiger partial charge in [-0.25, -0.2) is 0 Å². The van der Waals surface area contributed by atoms with Gasteiger partial charge in [0, 0.05) is 18.3 Å². The summed E-state index contributed by atoms with van der Waals surface area (Å²) in [6.07, 6.45) is 3.72. The molecule has 0 spiro atoms. The Hall–Kier alpha value is -1.02. The second kappa shape index (κ2) is 7.42. The van der Waals surface area contributed by atoms with Crippen LogP contribution in [-0.4, -0.2) is 17.5 Å². The summed E-state index contributed by atoms with van der Waals surface area (Å²) < 4.78 is 0. The zero-order valence-electron chi connectivity index (χ0n) is 12.4. The molecular formula is C16H28N2. The Morgan fingerprint density at radius 2 is 2.00 bits per heavy atom. The van der Waals surface area contributed by atoms with E-state index in [-0.39, 0.29) is 0 Å². The number of nitrogen functional groups attached to an aromatic ring is 1. The molecule has 0 amide bonds. The highest BCUT2D eigenvalue weighted by atomic mass is 15.1. The first kappa shape index (κ1) is 15.0. The molecule has 0 radical (unpaired) electrons. The van der Waals surface area contributed by atoms with E-state index in [1.54, 1.807) is 0 Å². The van der Waals surface area contributed by atoms with E-state index >= 15 is 0 Å². The normalized spacial score (nSPS) is 12.9. The second-order valence-electron chi connectivity index (χ2n) is 5.27. The lowest BCUT2D eigenvalue weighted by Gasteiger charge is -2.28. The summed E-state index contributed by atoms with van der Waals surface area (Å²) in [5.41, 5.74) is 9.39. The van der Waals surface area contributed by atoms with Gasteiger partial charge >= 0.3 is 0 Å². The molecule has 1 unspecified atom stereocenters. The minimum Gasteiger partial charge on any atom is -0.399 e. The number of rotatable bonds is 7. The lowest BCUT2D eigenvalue weighted by Crippen LogP contribution is -2.33. The summed E-state index contributed by atoms with van der Waals surface area (Å²) in [6, 6.07) is 7.09. The quantitative estimate of drug-likeness (QED) is 0.740. The van der Waals surface area contributed by atoms with Gasteiger partial charge in [-0.3, -0.25) is 4.90 Å². The van der Waals surface area contributed by atoms with Crippen LogP contribution in [0.25, 0.3) is 0 Å². The Bertz CT molecular complexity index is 360. The van der Waals surface area contributed by atoms with Crippen molar-refractivity contribution in [3.63, 3.8) is 0 Å². The molecule has 2 nitrogen and oxygen atoms in total. The largest absolute Gasteiger partial charge is 0.399 e. The molecule has 1 aromatic rings. The molecule has 18 heavy (non-hydrogen) atoms. The molecule has 1 atom stereocenters. The summed E-state index contributed by atoms with van der Waals surface area (Å²) >= 11 is 0. The molecule has 0 aliphatic rings. The van der Waals surface area contributed by atoms with E-state index in [0.29, 0.717) is 6.04 Å². The number of hydrogen-bond donors (Lipinski definition) is 1. The minimum atomic E-state index is 0.638. The van der Waals surface area contributed by atoms with Crippen molar-refractivity contribution >= 4 is 5.69 Å². The van der Waals surface area contributed by atoms with E-state index in [0.717, 1.165) is 12.2 Å². The Balaban J connectivity index is 2.71. The van der Waals surface area contributed by atoms with Gasteiger partial charge in [-0.15, -0.1) is 0 Å². The standard InChI is InChI=1S/C16H28N2/c1-5-7-10-18(14(4)6-2)12-15-9-8-13(3)16(17)11-15/h8-9,11,14H,5-7,10,12,17H2,1-4H3. The van der Waals surface area contributed by atoms with E-state index in [1.165, 1.54) is 36.9 Å². The molecule has 0 aromatic heterocycles. The monoisotopic (exact) mass is 248 g/mol. The van der Waals surface area contributed by atoms with Crippen LogP contribution in [0.2, 0.25) is 0 Å². The topological polar surface area (TPSA) is 29.3 Å². The van der Waals surface area contributed by atoms with Crippen molar-refractivity contribution in [2.24, 2.45) is 0 Å². The third-order valence-corrected chi connectivity index (χ3v) is 3.74. The SMILES string of the molecule is CCCCN(Cc1ccc(C)c(N)c1)C(C)CC. The van der Waals surface area contributed by atoms with Gasteiger partial charge < -0.3 is 5.73 Å². The van der Waals surface area contributed by atoms with Crippen LogP contribution in [0, 0.1) is 6.92 Å². The number of nitrogens with zero attached hydrogens (tertiary/aromatic N) is 1. The van der Waals surface area contributed by atoms with Crippen LogP contribution >= 0.6 is 0 Å². The molecule has 0 saturated carbocycles. The summed E-state index contributed by atoms with van der Waals surface area (Å²) in [6.45, 7) is 11.1. The maximum absolute atomic E-state index is 5.99. The molecule has 0 aliphatic carbocycles. The van der Waals surface area contributed by atoms with E-state index in [4.69, 9.17) is 5.73 Å². The number of hydrogen-bond acceptors (Lipinski definition) is 2. The fourth-order valence-electron chi connectivity index (χ4n) is 2.10. The highest BCUT2D eigenvalue weighted by Gasteiger charge is 2.12. The molecule has 0 fully saturated rings. The molecule has 0 saturated heterocycles. The van der Waals surface area contributed by atoms with Gasteiger partial charge in [-0.1, -0.05) is 32.4 Å². The van der Waals surface area contributed by atoms with Gasteiger partial charge in [-0.05, 0) is 50.4 Å². The molecule has 2 N–H and O–H groups in total. The van der Waals surface area contributed by atoms with Crippen LogP contribution in [0.5, 0.6) is 0 Å². The van der Waals surface area contributed by atoms with Crippen LogP contribution in [0.15, 0.2) is 18.2 Å². The van der Waals surface area contributed by atoms with E-state index in [2.05, 4.69) is 50.8 Å². The molecule has 0 aliphatic heterocycles. The molecule has 2 heteroatoms. The Morgan fingerprint density at radius 3 is 2.56 bits per heavy atom. The fraction of sp³-hybridized carbons (Fsp3) is 0.625. The van der Waals surface area contributed by atoms with Crippen LogP contribution in [0.1, 0.15) is 51.2 Å². The van der Waals surface area contributed by atoms with Gasteiger partial charge in [0.2, 0.25) is 0 Å². The summed E-state index contributed by atoms with van der Waals surface area (Å²) in [5, 5.41) is 0. The smallest absolute Gasteiger partial charge is 0.0346 e. The maximum atomic E-state index is 5.99. The number of benzene rings is 1. The van der Waals surface area contributed by atoms with Crippen LogP contribution < -0.4 is 5.73 Å². The number of unbranched alkanes of at least 4 members (excludes halogenated alkanes) is 1. The summed E-state index contributed by atoms with van der Waals surface area (Å²) in [4.78, 5) is 2.56. The van der Waals surface area contributed by atoms with Crippen molar-refractivity contribution in [3.05, 3.63) is 29.3 Å². The minimum absolute atomic E-state index is 0.638. The van der Waals surface area contributed by atoms with Gasteiger partial charge in [0.15, 0.2) is 0 Å². The lowest BCUT2D eigenvalue weighted by molar-refractivity contribution is 0.192. The van der Waals surface area contributed by atoms with Gasteiger partial charge in [0.25, 0.3) is 0 Å². The highest BCUT2D eigenvalue weighted by Crippen LogP contribution is 2.17. The average molecular weight is 248 g/mol. The Kier molecular flexibility index (Phi) is 6.20. The maximum Gasteiger partial charge on any atom is 0.0346 e. The first-order valence-corrected chi connectivity index (χ1v) is 7.17. The molecule has 102 valence electrons. The zero-order chi connectivity index (χ0) is 13.5. The van der Waals surface area contributed by atoms with Crippen molar-refractivity contribution in [3.8, 4) is 0 Å². The predicted molar refractivity (Wildman–Crippen MR) is 80.7 cm³/mol. The van der Waals surface area contributed by atoms with Crippen molar-refractivity contribution in [1.82, 2.24) is 4.90 Å². The van der Waals surface area contributed by atoms with Crippen LogP contribution in [-0.2, 0) is 6.54 Å². The van der Waals surface area contributed by atoms with Crippen molar-refractivity contribution in [1.29, 1.82) is 0 Å². The lowest BCUT2D eigenvalue weighted by atomic mass is 10.1. The number of aryl methyl sites for hydroxylation is 1. The molecule has 0 bridgehead atoms. The van der Waals surface area contributed by atoms with E-state index in [1.807, 2.05) is 0 Å². The first-order valence-electron chi connectivity index (χ1n) is 7.17. The van der Waals surface area contributed by atoms with E-state index < -0.39 is 0 Å². The fourth-order valence-corrected chi connectivity index (χ4v) is 2.10. The van der Waals surface area contributed by atoms with Crippen molar-refractivity contribution in [2.75, 3.05) is 12.3 Å². The van der Waals surface area contributed by atoms with Gasteiger partial charge in [-0.2, -0.15) is 0 Å². The summed E-state index contributed by atoms with van der Waals surface area (Å²) in [7, 11) is 0. The Morgan fingerprint density at radius 1 is 1.28 bits per heavy atom. The third-order valence-electron chi connectivity index (χ3n) is 3.74. The van der Waals surface area contributed by atoms with Crippen molar-refractivity contribution in [2.45, 2.75) is 59.5 Å². The van der Waals surface area contributed by atoms with Crippen LogP contribution in [0.4, 0.5) is 5.69 Å². The molecule has 0 heterocycles. The number of anilines is 1. The highest BCUT2D eigenvalue weighted by molar-refractivity contribution is 5.48. The molecule has 1 aromatic carbocycles. The zero-order valence-corrected chi connectivity index (χ0v) is 12.4. The summed E-state index contributed by atoms with van der Waals surface area (Å²) in [5.74, 6) is 0. The van der Waals surface area contributed by atoms with Crippen molar-refractivity contribution < 1.29 is 0 Å². The van der Waals surface area contributed by atoms with Crippen LogP contribution in [0.3, 0.4) is 0 Å². The van der Waals surface area contributed by atoms with Gasteiger partial charge in [0.05, 0.1) is 0 Å². The average Bonchev–Trinajstić information content (AvgIpc) is 2.37. The molecular weight excluding hydrogens is 220 g/mol. The predicted octanol–water partition coefficient (Wildman–Crippen LogP) is 3.98. The van der Waals surface area contributed by atoms with E-state index in [9.17, 15) is 0 Å².